The van der Waals surface area contributed by atoms with Crippen molar-refractivity contribution in [3.05, 3.63) is 58.3 Å². The van der Waals surface area contributed by atoms with E-state index < -0.39 is 23.0 Å². The summed E-state index contributed by atoms with van der Waals surface area (Å²) in [7, 11) is 0. The second kappa shape index (κ2) is 7.42. The van der Waals surface area contributed by atoms with Gasteiger partial charge in [0.1, 0.15) is 11.4 Å². The molecule has 0 aliphatic carbocycles. The maximum absolute atomic E-state index is 13.5. The first-order chi connectivity index (χ1) is 11.7. The van der Waals surface area contributed by atoms with Gasteiger partial charge >= 0.3 is 6.16 Å². The smallest absolute Gasteiger partial charge is 0.428 e. The Balaban J connectivity index is 2.38. The van der Waals surface area contributed by atoms with Crippen molar-refractivity contribution in [1.82, 2.24) is 4.98 Å². The Morgan fingerprint density at radius 1 is 1.20 bits per heavy atom. The van der Waals surface area contributed by atoms with E-state index in [0.29, 0.717) is 23.2 Å². The highest BCUT2D eigenvalue weighted by atomic mass is 19.1. The van der Waals surface area contributed by atoms with Crippen molar-refractivity contribution in [3.63, 3.8) is 0 Å². The van der Waals surface area contributed by atoms with Crippen LogP contribution >= 0.6 is 0 Å². The average molecular weight is 345 g/mol. The summed E-state index contributed by atoms with van der Waals surface area (Å²) < 4.78 is 23.6. The van der Waals surface area contributed by atoms with Gasteiger partial charge < -0.3 is 9.47 Å². The van der Waals surface area contributed by atoms with Crippen LogP contribution in [0.3, 0.4) is 0 Å². The van der Waals surface area contributed by atoms with Crippen LogP contribution in [0.15, 0.2) is 41.3 Å². The molecule has 0 unspecified atom stereocenters. The zero-order chi connectivity index (χ0) is 18.6. The molecule has 2 aromatic rings. The molecular weight excluding hydrogens is 325 g/mol. The Hall–Kier alpha value is -2.76. The number of pyridine rings is 1. The number of carbonyl (C=O) groups is 1. The molecule has 0 bridgehead atoms. The molecule has 2 rings (SSSR count). The number of hydrogen-bond donors (Lipinski definition) is 0. The molecule has 1 aromatic heterocycles. The van der Waals surface area contributed by atoms with Gasteiger partial charge in [-0.3, -0.25) is 9.78 Å². The highest BCUT2D eigenvalue weighted by molar-refractivity contribution is 5.67. The van der Waals surface area contributed by atoms with E-state index in [1.54, 1.807) is 32.9 Å². The highest BCUT2D eigenvalue weighted by Gasteiger charge is 2.19. The van der Waals surface area contributed by atoms with Crippen LogP contribution in [0.1, 0.15) is 33.4 Å². The van der Waals surface area contributed by atoms with Crippen LogP contribution in [0.25, 0.3) is 11.1 Å². The minimum atomic E-state index is -0.959. The van der Waals surface area contributed by atoms with Crippen LogP contribution < -0.4 is 10.2 Å². The molecule has 0 atom stereocenters. The fourth-order valence-electron chi connectivity index (χ4n) is 2.17. The minimum Gasteiger partial charge on any atom is -0.428 e. The number of aryl methyl sites for hydroxylation is 1. The van der Waals surface area contributed by atoms with Crippen molar-refractivity contribution < 1.29 is 18.7 Å². The molecule has 0 saturated carbocycles. The average Bonchev–Trinajstić information content (AvgIpc) is 2.68. The van der Waals surface area contributed by atoms with E-state index in [0.717, 1.165) is 6.20 Å². The lowest BCUT2D eigenvalue weighted by molar-refractivity contribution is 0.0204. The van der Waals surface area contributed by atoms with Crippen molar-refractivity contribution in [2.75, 3.05) is 0 Å². The Bertz CT molecular complexity index is 843. The third-order valence-electron chi connectivity index (χ3n) is 3.24. The Morgan fingerprint density at radius 3 is 2.52 bits per heavy atom. The predicted octanol–water partition coefficient (Wildman–Crippen LogP) is 4.12. The van der Waals surface area contributed by atoms with Crippen molar-refractivity contribution in [1.29, 1.82) is 0 Å². The molecule has 0 amide bonds. The number of aromatic nitrogens is 1. The van der Waals surface area contributed by atoms with Crippen LogP contribution in [0.4, 0.5) is 9.18 Å². The summed E-state index contributed by atoms with van der Waals surface area (Å²) in [6.45, 7) is 6.98. The Labute approximate surface area is 145 Å². The lowest BCUT2D eigenvalue weighted by atomic mass is 10.0. The summed E-state index contributed by atoms with van der Waals surface area (Å²) in [6.07, 6.45) is 0.806. The van der Waals surface area contributed by atoms with Crippen molar-refractivity contribution in [2.24, 2.45) is 0 Å². The first-order valence-electron chi connectivity index (χ1n) is 7.89. The molecule has 25 heavy (non-hydrogen) atoms. The molecule has 1 heterocycles. The summed E-state index contributed by atoms with van der Waals surface area (Å²) in [5.74, 6) is -0.630. The largest absolute Gasteiger partial charge is 0.514 e. The van der Waals surface area contributed by atoms with Crippen LogP contribution in [0, 0.1) is 5.82 Å². The van der Waals surface area contributed by atoms with Crippen molar-refractivity contribution in [2.45, 2.75) is 39.7 Å². The van der Waals surface area contributed by atoms with E-state index in [2.05, 4.69) is 4.98 Å². The second-order valence-electron chi connectivity index (χ2n) is 6.42. The standard InChI is InChI=1S/C19H20FNO4/c1-5-15-14(10-13(20)11-21-15)12-6-8-16(22)17(9-7-12)24-18(23)25-19(2,3)4/h6-11H,5H2,1-4H3. The number of carbonyl (C=O) groups excluding carboxylic acids is 1. The normalized spacial score (nSPS) is 11.1. The molecule has 0 aliphatic heterocycles. The van der Waals surface area contributed by atoms with Gasteiger partial charge in [0.2, 0.25) is 5.43 Å². The van der Waals surface area contributed by atoms with Gasteiger partial charge in [0.05, 0.1) is 6.20 Å². The van der Waals surface area contributed by atoms with Gasteiger partial charge in [0, 0.05) is 11.3 Å². The number of nitrogens with zero attached hydrogens (tertiary/aromatic N) is 1. The zero-order valence-electron chi connectivity index (χ0n) is 14.6. The van der Waals surface area contributed by atoms with E-state index in [1.165, 1.54) is 18.2 Å². The Kier molecular flexibility index (Phi) is 5.51. The summed E-state index contributed by atoms with van der Waals surface area (Å²) in [5, 5.41) is 0. The lowest BCUT2D eigenvalue weighted by Crippen LogP contribution is -2.26. The molecule has 0 fully saturated rings. The van der Waals surface area contributed by atoms with E-state index in [1.807, 2.05) is 6.92 Å². The van der Waals surface area contributed by atoms with E-state index in [4.69, 9.17) is 9.47 Å². The van der Waals surface area contributed by atoms with Gasteiger partial charge in [-0.15, -0.1) is 0 Å². The third-order valence-corrected chi connectivity index (χ3v) is 3.24. The van der Waals surface area contributed by atoms with Gasteiger partial charge in [-0.05, 0) is 51.0 Å². The fraction of sp³-hybridized carbons (Fsp3) is 0.316. The van der Waals surface area contributed by atoms with Gasteiger partial charge in [-0.25, -0.2) is 9.18 Å². The van der Waals surface area contributed by atoms with Crippen LogP contribution in [-0.2, 0) is 11.2 Å². The molecule has 5 nitrogen and oxygen atoms in total. The molecule has 0 saturated heterocycles. The maximum atomic E-state index is 13.5. The maximum Gasteiger partial charge on any atom is 0.514 e. The minimum absolute atomic E-state index is 0.164. The number of rotatable bonds is 3. The van der Waals surface area contributed by atoms with E-state index in [9.17, 15) is 14.0 Å². The number of hydrogen-bond acceptors (Lipinski definition) is 5. The summed E-state index contributed by atoms with van der Waals surface area (Å²) in [6, 6.07) is 7.11. The summed E-state index contributed by atoms with van der Waals surface area (Å²) in [5.41, 5.74) is 0.668. The fourth-order valence-corrected chi connectivity index (χ4v) is 2.17. The Morgan fingerprint density at radius 2 is 1.88 bits per heavy atom. The third kappa shape index (κ3) is 5.11. The van der Waals surface area contributed by atoms with Crippen LogP contribution in [0.2, 0.25) is 0 Å². The molecule has 0 radical (unpaired) electrons. The van der Waals surface area contributed by atoms with Crippen molar-refractivity contribution >= 4 is 6.16 Å². The monoisotopic (exact) mass is 345 g/mol. The van der Waals surface area contributed by atoms with Crippen LogP contribution in [0.5, 0.6) is 5.75 Å². The molecular formula is C19H20FNO4. The molecule has 1 aromatic carbocycles. The number of halogens is 1. The van der Waals surface area contributed by atoms with Gasteiger partial charge in [-0.2, -0.15) is 0 Å². The first kappa shape index (κ1) is 18.6. The second-order valence-corrected chi connectivity index (χ2v) is 6.42. The molecule has 132 valence electrons. The first-order valence-corrected chi connectivity index (χ1v) is 7.89. The molecule has 0 spiro atoms. The summed E-state index contributed by atoms with van der Waals surface area (Å²) >= 11 is 0. The molecule has 0 N–H and O–H groups in total. The number of ether oxygens (including phenoxy) is 2. The predicted molar refractivity (Wildman–Crippen MR) is 92.1 cm³/mol. The van der Waals surface area contributed by atoms with Crippen molar-refractivity contribution in [3.8, 4) is 16.9 Å². The van der Waals surface area contributed by atoms with Gasteiger partial charge in [0.25, 0.3) is 0 Å². The van der Waals surface area contributed by atoms with Gasteiger partial charge in [-0.1, -0.05) is 19.1 Å². The SMILES string of the molecule is CCc1ncc(F)cc1-c1ccc(OC(=O)OC(C)(C)C)c(=O)cc1. The topological polar surface area (TPSA) is 65.5 Å². The van der Waals surface area contributed by atoms with E-state index >= 15 is 0 Å². The quantitative estimate of drug-likeness (QED) is 0.783. The van der Waals surface area contributed by atoms with Gasteiger partial charge in [0.15, 0.2) is 5.75 Å². The van der Waals surface area contributed by atoms with Crippen LogP contribution in [-0.4, -0.2) is 16.7 Å². The molecule has 0 aliphatic rings. The highest BCUT2D eigenvalue weighted by Crippen LogP contribution is 2.23. The van der Waals surface area contributed by atoms with E-state index in [-0.39, 0.29) is 5.75 Å². The molecule has 6 heteroatoms. The summed E-state index contributed by atoms with van der Waals surface area (Å²) in [4.78, 5) is 27.9. The lowest BCUT2D eigenvalue weighted by Gasteiger charge is -2.18. The zero-order valence-corrected chi connectivity index (χ0v) is 14.6.